The van der Waals surface area contributed by atoms with Gasteiger partial charge < -0.3 is 14.6 Å². The maximum atomic E-state index is 5.66. The van der Waals surface area contributed by atoms with E-state index in [1.807, 2.05) is 0 Å². The number of piperazine rings is 1. The van der Waals surface area contributed by atoms with Crippen LogP contribution >= 0.6 is 0 Å². The topological polar surface area (TPSA) is 33.7 Å². The van der Waals surface area contributed by atoms with E-state index in [1.54, 1.807) is 0 Å². The SMILES string of the molecule is c1ccc(CN2CCNCC2B2OCCO2)cc1. The minimum Gasteiger partial charge on any atom is -0.408 e. The second kappa shape index (κ2) is 5.84. The predicted octanol–water partition coefficient (Wildman–Crippen LogP) is 0.535. The molecule has 1 unspecified atom stereocenters. The van der Waals surface area contributed by atoms with Gasteiger partial charge in [0.1, 0.15) is 0 Å². The maximum Gasteiger partial charge on any atom is 0.476 e. The fourth-order valence-electron chi connectivity index (χ4n) is 2.65. The molecule has 0 aliphatic carbocycles. The molecule has 1 N–H and O–H groups in total. The van der Waals surface area contributed by atoms with Gasteiger partial charge in [-0.25, -0.2) is 0 Å². The van der Waals surface area contributed by atoms with Gasteiger partial charge in [0, 0.05) is 26.2 Å². The smallest absolute Gasteiger partial charge is 0.408 e. The number of hydrogen-bond acceptors (Lipinski definition) is 4. The van der Waals surface area contributed by atoms with Crippen LogP contribution in [0.3, 0.4) is 0 Å². The molecule has 2 fully saturated rings. The molecular weight excluding hydrogens is 227 g/mol. The van der Waals surface area contributed by atoms with Gasteiger partial charge in [-0.1, -0.05) is 30.3 Å². The molecule has 2 heterocycles. The Balaban J connectivity index is 1.67. The highest BCUT2D eigenvalue weighted by Gasteiger charge is 2.39. The third-order valence-corrected chi connectivity index (χ3v) is 3.59. The van der Waals surface area contributed by atoms with Crippen molar-refractivity contribution in [3.8, 4) is 0 Å². The van der Waals surface area contributed by atoms with Gasteiger partial charge in [-0.3, -0.25) is 4.90 Å². The highest BCUT2D eigenvalue weighted by atomic mass is 16.6. The normalized spacial score (nSPS) is 25.6. The van der Waals surface area contributed by atoms with E-state index in [-0.39, 0.29) is 7.12 Å². The summed E-state index contributed by atoms with van der Waals surface area (Å²) in [6.07, 6.45) is 0. The Morgan fingerprint density at radius 1 is 1.22 bits per heavy atom. The Morgan fingerprint density at radius 3 is 2.78 bits per heavy atom. The van der Waals surface area contributed by atoms with Crippen LogP contribution < -0.4 is 5.32 Å². The second-order valence-corrected chi connectivity index (χ2v) is 4.84. The fraction of sp³-hybridized carbons (Fsp3) is 0.538. The average molecular weight is 246 g/mol. The molecule has 1 aromatic carbocycles. The Morgan fingerprint density at radius 2 is 2.00 bits per heavy atom. The second-order valence-electron chi connectivity index (χ2n) is 4.84. The summed E-state index contributed by atoms with van der Waals surface area (Å²) >= 11 is 0. The highest BCUT2D eigenvalue weighted by Crippen LogP contribution is 2.15. The summed E-state index contributed by atoms with van der Waals surface area (Å²) in [5.41, 5.74) is 1.35. The highest BCUT2D eigenvalue weighted by molar-refractivity contribution is 6.47. The first-order chi connectivity index (χ1) is 8.93. The van der Waals surface area contributed by atoms with Crippen molar-refractivity contribution in [1.29, 1.82) is 0 Å². The maximum absolute atomic E-state index is 5.66. The standard InChI is InChI=1S/C13H19BN2O2/c1-2-4-12(5-3-1)11-16-7-6-15-10-13(16)14-17-8-9-18-14/h1-5,13,15H,6-11H2. The minimum atomic E-state index is -0.0680. The number of nitrogens with one attached hydrogen (secondary N) is 1. The lowest BCUT2D eigenvalue weighted by atomic mass is 9.76. The van der Waals surface area contributed by atoms with Crippen LogP contribution in [-0.4, -0.2) is 50.8 Å². The van der Waals surface area contributed by atoms with E-state index < -0.39 is 0 Å². The van der Waals surface area contributed by atoms with Crippen molar-refractivity contribution in [3.05, 3.63) is 35.9 Å². The third-order valence-electron chi connectivity index (χ3n) is 3.59. The van der Waals surface area contributed by atoms with Crippen LogP contribution in [0.25, 0.3) is 0 Å². The molecule has 0 aromatic heterocycles. The summed E-state index contributed by atoms with van der Waals surface area (Å²) in [5.74, 6) is 0.321. The molecule has 0 spiro atoms. The molecule has 2 aliphatic rings. The van der Waals surface area contributed by atoms with Gasteiger partial charge >= 0.3 is 7.12 Å². The van der Waals surface area contributed by atoms with Crippen molar-refractivity contribution < 1.29 is 9.31 Å². The van der Waals surface area contributed by atoms with Gasteiger partial charge in [0.05, 0.1) is 19.2 Å². The number of nitrogens with zero attached hydrogens (tertiary/aromatic N) is 1. The van der Waals surface area contributed by atoms with E-state index in [2.05, 4.69) is 40.5 Å². The molecular formula is C13H19BN2O2. The first-order valence-electron chi connectivity index (χ1n) is 6.65. The van der Waals surface area contributed by atoms with Gasteiger partial charge in [-0.2, -0.15) is 0 Å². The van der Waals surface area contributed by atoms with Crippen LogP contribution in [0.1, 0.15) is 5.56 Å². The first kappa shape index (κ1) is 12.2. The Labute approximate surface area is 108 Å². The molecule has 3 rings (SSSR count). The van der Waals surface area contributed by atoms with Crippen molar-refractivity contribution >= 4 is 7.12 Å². The van der Waals surface area contributed by atoms with E-state index in [4.69, 9.17) is 9.31 Å². The van der Waals surface area contributed by atoms with Crippen LogP contribution in [0.4, 0.5) is 0 Å². The van der Waals surface area contributed by atoms with E-state index in [0.29, 0.717) is 5.94 Å². The summed E-state index contributed by atoms with van der Waals surface area (Å²) in [6, 6.07) is 10.6. The minimum absolute atomic E-state index is 0.0680. The van der Waals surface area contributed by atoms with E-state index in [0.717, 1.165) is 39.4 Å². The van der Waals surface area contributed by atoms with E-state index >= 15 is 0 Å². The molecule has 5 heteroatoms. The molecule has 18 heavy (non-hydrogen) atoms. The molecule has 0 amide bonds. The number of rotatable bonds is 3. The summed E-state index contributed by atoms with van der Waals surface area (Å²) in [7, 11) is -0.0680. The van der Waals surface area contributed by atoms with Crippen molar-refractivity contribution in [3.63, 3.8) is 0 Å². The summed E-state index contributed by atoms with van der Waals surface area (Å²) in [5, 5.41) is 3.43. The Bertz CT molecular complexity index is 371. The van der Waals surface area contributed by atoms with E-state index in [9.17, 15) is 0 Å². The number of benzene rings is 1. The zero-order chi connectivity index (χ0) is 12.2. The average Bonchev–Trinajstić information content (AvgIpc) is 2.94. The monoisotopic (exact) mass is 246 g/mol. The van der Waals surface area contributed by atoms with Crippen LogP contribution in [0.5, 0.6) is 0 Å². The third kappa shape index (κ3) is 2.75. The summed E-state index contributed by atoms with van der Waals surface area (Å²) in [4.78, 5) is 2.46. The molecule has 96 valence electrons. The molecule has 4 nitrogen and oxygen atoms in total. The molecule has 1 aromatic rings. The van der Waals surface area contributed by atoms with Crippen LogP contribution in [0, 0.1) is 0 Å². The van der Waals surface area contributed by atoms with Gasteiger partial charge in [0.15, 0.2) is 0 Å². The summed E-state index contributed by atoms with van der Waals surface area (Å²) in [6.45, 7) is 5.44. The van der Waals surface area contributed by atoms with Crippen molar-refractivity contribution in [2.24, 2.45) is 0 Å². The molecule has 1 atom stereocenters. The number of hydrogen-bond donors (Lipinski definition) is 1. The molecule has 2 saturated heterocycles. The largest absolute Gasteiger partial charge is 0.476 e. The quantitative estimate of drug-likeness (QED) is 0.789. The van der Waals surface area contributed by atoms with Crippen molar-refractivity contribution in [2.45, 2.75) is 12.5 Å². The predicted molar refractivity (Wildman–Crippen MR) is 71.2 cm³/mol. The van der Waals surface area contributed by atoms with Gasteiger partial charge in [-0.15, -0.1) is 0 Å². The zero-order valence-electron chi connectivity index (χ0n) is 10.5. The van der Waals surface area contributed by atoms with Crippen molar-refractivity contribution in [1.82, 2.24) is 10.2 Å². The van der Waals surface area contributed by atoms with Gasteiger partial charge in [0.25, 0.3) is 0 Å². The molecule has 0 saturated carbocycles. The van der Waals surface area contributed by atoms with Crippen LogP contribution in [0.15, 0.2) is 30.3 Å². The first-order valence-corrected chi connectivity index (χ1v) is 6.65. The summed E-state index contributed by atoms with van der Waals surface area (Å²) < 4.78 is 11.3. The Hall–Kier alpha value is -0.875. The Kier molecular flexibility index (Phi) is 3.95. The van der Waals surface area contributed by atoms with Crippen molar-refractivity contribution in [2.75, 3.05) is 32.8 Å². The molecule has 0 radical (unpaired) electrons. The molecule has 0 bridgehead atoms. The lowest BCUT2D eigenvalue weighted by Crippen LogP contribution is -2.58. The van der Waals surface area contributed by atoms with Gasteiger partial charge in [0.2, 0.25) is 0 Å². The van der Waals surface area contributed by atoms with E-state index in [1.165, 1.54) is 5.56 Å². The fourth-order valence-corrected chi connectivity index (χ4v) is 2.65. The van der Waals surface area contributed by atoms with Gasteiger partial charge in [-0.05, 0) is 5.56 Å². The van der Waals surface area contributed by atoms with Crippen LogP contribution in [0.2, 0.25) is 0 Å². The van der Waals surface area contributed by atoms with Crippen LogP contribution in [-0.2, 0) is 15.9 Å². The lowest BCUT2D eigenvalue weighted by Gasteiger charge is -2.36. The lowest BCUT2D eigenvalue weighted by molar-refractivity contribution is 0.169. The zero-order valence-corrected chi connectivity index (χ0v) is 10.5. The molecule has 2 aliphatic heterocycles.